The van der Waals surface area contributed by atoms with Gasteiger partial charge in [-0.3, -0.25) is 14.4 Å². The Labute approximate surface area is 190 Å². The van der Waals surface area contributed by atoms with Crippen molar-refractivity contribution in [2.24, 2.45) is 22.7 Å². The highest BCUT2D eigenvalue weighted by molar-refractivity contribution is 5.75. The molecular formula is C24H48O7. The van der Waals surface area contributed by atoms with E-state index in [2.05, 4.69) is 0 Å². The number of hydrogen-bond acceptors (Lipinski definition) is 6. The first-order chi connectivity index (χ1) is 14.1. The fraction of sp³-hybridized carbons (Fsp3) is 0.875. The third kappa shape index (κ3) is 18.8. The summed E-state index contributed by atoms with van der Waals surface area (Å²) >= 11 is 0. The van der Waals surface area contributed by atoms with Crippen molar-refractivity contribution in [1.29, 1.82) is 0 Å². The molecule has 0 saturated heterocycles. The van der Waals surface area contributed by atoms with Gasteiger partial charge in [0.15, 0.2) is 0 Å². The predicted molar refractivity (Wildman–Crippen MR) is 124 cm³/mol. The molecule has 0 spiro atoms. The van der Waals surface area contributed by atoms with E-state index < -0.39 is 11.4 Å². The second kappa shape index (κ2) is 18.0. The first-order valence-electron chi connectivity index (χ1n) is 11.2. The van der Waals surface area contributed by atoms with Gasteiger partial charge in [0.1, 0.15) is 6.61 Å². The molecule has 186 valence electrons. The van der Waals surface area contributed by atoms with Crippen molar-refractivity contribution in [3.63, 3.8) is 0 Å². The highest BCUT2D eigenvalue weighted by Crippen LogP contribution is 2.21. The quantitative estimate of drug-likeness (QED) is 0.336. The van der Waals surface area contributed by atoms with Crippen LogP contribution in [0.3, 0.4) is 0 Å². The molecule has 0 aromatic rings. The number of aliphatic carboxylic acids is 1. The number of carboxylic acid groups (broad SMARTS) is 1. The molecule has 0 aliphatic carbocycles. The van der Waals surface area contributed by atoms with Crippen LogP contribution in [0.15, 0.2) is 0 Å². The molecule has 31 heavy (non-hydrogen) atoms. The second-order valence-electron chi connectivity index (χ2n) is 9.24. The van der Waals surface area contributed by atoms with Gasteiger partial charge in [-0.05, 0) is 52.9 Å². The smallest absolute Gasteiger partial charge is 0.311 e. The molecule has 0 radical (unpaired) electrons. The standard InChI is InChI=1S/C10H20O2.C8H16O3.C6H12O2/c1-6-10(4,5)9(11)12-7-8(2)3;1-4-7(2)8(9)11-6-5-10-3;1-4-6(2,3)5(7)8/h8H,6-7H2,1-5H3;7H,4-6H2,1-3H3;4H2,1-3H3,(H,7,8). The third-order valence-electron chi connectivity index (χ3n) is 4.99. The summed E-state index contributed by atoms with van der Waals surface area (Å²) in [6, 6.07) is 0. The van der Waals surface area contributed by atoms with Crippen molar-refractivity contribution in [3.05, 3.63) is 0 Å². The van der Waals surface area contributed by atoms with E-state index in [-0.39, 0.29) is 23.3 Å². The number of carboxylic acids is 1. The van der Waals surface area contributed by atoms with Crippen LogP contribution in [0.2, 0.25) is 0 Å². The van der Waals surface area contributed by atoms with Crippen LogP contribution >= 0.6 is 0 Å². The zero-order valence-corrected chi connectivity index (χ0v) is 21.8. The summed E-state index contributed by atoms with van der Waals surface area (Å²) in [5.41, 5.74) is -0.866. The lowest BCUT2D eigenvalue weighted by atomic mass is 9.91. The summed E-state index contributed by atoms with van der Waals surface area (Å²) in [6.45, 7) is 20.4. The maximum atomic E-state index is 11.4. The van der Waals surface area contributed by atoms with E-state index in [1.54, 1.807) is 21.0 Å². The van der Waals surface area contributed by atoms with E-state index in [4.69, 9.17) is 19.3 Å². The Morgan fingerprint density at radius 2 is 1.32 bits per heavy atom. The second-order valence-corrected chi connectivity index (χ2v) is 9.24. The SMILES string of the molecule is CCC(C)(C)C(=O)O.CCC(C)(C)C(=O)OCC(C)C.CCC(C)C(=O)OCCOC. The van der Waals surface area contributed by atoms with Crippen LogP contribution in [0.5, 0.6) is 0 Å². The zero-order valence-electron chi connectivity index (χ0n) is 21.8. The molecule has 0 aromatic carbocycles. The van der Waals surface area contributed by atoms with Crippen LogP contribution in [0.25, 0.3) is 0 Å². The Hall–Kier alpha value is -1.63. The first kappa shape index (κ1) is 34.0. The summed E-state index contributed by atoms with van der Waals surface area (Å²) in [5.74, 6) is -0.517. The number of methoxy groups -OCH3 is 1. The highest BCUT2D eigenvalue weighted by atomic mass is 16.6. The Kier molecular flexibility index (Phi) is 19.7. The van der Waals surface area contributed by atoms with Crippen LogP contribution in [0.4, 0.5) is 0 Å². The van der Waals surface area contributed by atoms with E-state index in [0.717, 1.165) is 12.8 Å². The van der Waals surface area contributed by atoms with E-state index in [1.807, 2.05) is 55.4 Å². The number of carbonyl (C=O) groups excluding carboxylic acids is 2. The van der Waals surface area contributed by atoms with Gasteiger partial charge in [-0.1, -0.05) is 41.5 Å². The number of hydrogen-bond donors (Lipinski definition) is 1. The van der Waals surface area contributed by atoms with Crippen molar-refractivity contribution < 1.29 is 33.7 Å². The topological polar surface area (TPSA) is 99.1 Å². The van der Waals surface area contributed by atoms with Gasteiger partial charge in [-0.2, -0.15) is 0 Å². The van der Waals surface area contributed by atoms with Crippen molar-refractivity contribution in [1.82, 2.24) is 0 Å². The lowest BCUT2D eigenvalue weighted by Gasteiger charge is -2.20. The summed E-state index contributed by atoms with van der Waals surface area (Å²) in [4.78, 5) is 32.6. The van der Waals surface area contributed by atoms with Gasteiger partial charge in [0, 0.05) is 7.11 Å². The Morgan fingerprint density at radius 3 is 1.61 bits per heavy atom. The Balaban J connectivity index is -0.000000387. The number of ether oxygens (including phenoxy) is 3. The first-order valence-corrected chi connectivity index (χ1v) is 11.2. The van der Waals surface area contributed by atoms with Gasteiger partial charge in [0.05, 0.1) is 30.0 Å². The molecule has 0 bridgehead atoms. The van der Waals surface area contributed by atoms with Gasteiger partial charge >= 0.3 is 17.9 Å². The van der Waals surface area contributed by atoms with Gasteiger partial charge in [0.25, 0.3) is 0 Å². The average Bonchev–Trinajstić information content (AvgIpc) is 2.71. The van der Waals surface area contributed by atoms with Crippen molar-refractivity contribution in [2.75, 3.05) is 26.9 Å². The van der Waals surface area contributed by atoms with Crippen LogP contribution in [-0.2, 0) is 28.6 Å². The molecule has 0 fully saturated rings. The molecule has 0 aromatic heterocycles. The molecule has 7 nitrogen and oxygen atoms in total. The minimum absolute atomic E-state index is 0.00635. The van der Waals surface area contributed by atoms with Crippen LogP contribution in [-0.4, -0.2) is 49.9 Å². The van der Waals surface area contributed by atoms with E-state index in [9.17, 15) is 14.4 Å². The molecule has 7 heteroatoms. The lowest BCUT2D eigenvalue weighted by Crippen LogP contribution is -2.26. The average molecular weight is 449 g/mol. The van der Waals surface area contributed by atoms with Crippen molar-refractivity contribution in [2.45, 2.75) is 88.5 Å². The number of esters is 2. The molecule has 0 amide bonds. The minimum Gasteiger partial charge on any atom is -0.481 e. The van der Waals surface area contributed by atoms with Crippen molar-refractivity contribution >= 4 is 17.9 Å². The summed E-state index contributed by atoms with van der Waals surface area (Å²) in [7, 11) is 1.58. The van der Waals surface area contributed by atoms with Gasteiger partial charge in [0.2, 0.25) is 0 Å². The zero-order chi connectivity index (χ0) is 25.3. The monoisotopic (exact) mass is 448 g/mol. The minimum atomic E-state index is -0.722. The normalized spacial score (nSPS) is 12.0. The van der Waals surface area contributed by atoms with E-state index in [0.29, 0.717) is 32.2 Å². The van der Waals surface area contributed by atoms with Crippen LogP contribution in [0.1, 0.15) is 88.5 Å². The lowest BCUT2D eigenvalue weighted by molar-refractivity contribution is -0.155. The summed E-state index contributed by atoms with van der Waals surface area (Å²) in [5, 5.41) is 8.44. The van der Waals surface area contributed by atoms with Crippen LogP contribution in [0, 0.1) is 22.7 Å². The Bertz CT molecular complexity index is 496. The molecule has 0 rings (SSSR count). The molecule has 1 atom stereocenters. The number of carbonyl (C=O) groups is 3. The Morgan fingerprint density at radius 1 is 0.839 bits per heavy atom. The maximum Gasteiger partial charge on any atom is 0.311 e. The largest absolute Gasteiger partial charge is 0.481 e. The molecule has 0 saturated carbocycles. The van der Waals surface area contributed by atoms with Crippen LogP contribution < -0.4 is 0 Å². The fourth-order valence-electron chi connectivity index (χ4n) is 1.27. The highest BCUT2D eigenvalue weighted by Gasteiger charge is 2.27. The number of rotatable bonds is 11. The van der Waals surface area contributed by atoms with Crippen molar-refractivity contribution in [3.8, 4) is 0 Å². The van der Waals surface area contributed by atoms with E-state index in [1.165, 1.54) is 0 Å². The summed E-state index contributed by atoms with van der Waals surface area (Å²) < 4.78 is 14.7. The van der Waals surface area contributed by atoms with Gasteiger partial charge < -0.3 is 19.3 Å². The molecule has 0 aliphatic heterocycles. The van der Waals surface area contributed by atoms with E-state index >= 15 is 0 Å². The molecule has 0 heterocycles. The molecule has 0 aliphatic rings. The third-order valence-corrected chi connectivity index (χ3v) is 4.99. The summed E-state index contributed by atoms with van der Waals surface area (Å²) in [6.07, 6.45) is 2.33. The molecule has 1 unspecified atom stereocenters. The predicted octanol–water partition coefficient (Wildman–Crippen LogP) is 5.35. The molecule has 1 N–H and O–H groups in total. The molecular weight excluding hydrogens is 400 g/mol. The maximum absolute atomic E-state index is 11.4. The van der Waals surface area contributed by atoms with Gasteiger partial charge in [-0.15, -0.1) is 0 Å². The fourth-order valence-corrected chi connectivity index (χ4v) is 1.27. The van der Waals surface area contributed by atoms with Gasteiger partial charge in [-0.25, -0.2) is 0 Å².